The summed E-state index contributed by atoms with van der Waals surface area (Å²) in [5.41, 5.74) is 2.68. The molecule has 0 radical (unpaired) electrons. The molecule has 4 heteroatoms. The van der Waals surface area contributed by atoms with E-state index in [4.69, 9.17) is 11.6 Å². The summed E-state index contributed by atoms with van der Waals surface area (Å²) >= 11 is 6.08. The van der Waals surface area contributed by atoms with Gasteiger partial charge < -0.3 is 9.47 Å². The van der Waals surface area contributed by atoms with E-state index in [2.05, 4.69) is 6.58 Å². The maximum Gasteiger partial charge on any atom is 0.271 e. The summed E-state index contributed by atoms with van der Waals surface area (Å²) in [6.45, 7) is 4.82. The molecule has 2 aromatic carbocycles. The predicted molar refractivity (Wildman–Crippen MR) is 99.3 cm³/mol. The number of hydrogen-bond donors (Lipinski definition) is 0. The molecule has 1 heterocycles. The predicted octanol–water partition coefficient (Wildman–Crippen LogP) is 4.66. The first-order valence-electron chi connectivity index (χ1n) is 7.79. The Hall–Kier alpha value is -2.52. The zero-order valence-electron chi connectivity index (χ0n) is 13.6. The molecule has 3 nitrogen and oxygen atoms in total. The first kappa shape index (κ1) is 16.3. The number of aryl methyl sites for hydroxylation is 1. The van der Waals surface area contributed by atoms with Crippen LogP contribution in [0.15, 0.2) is 67.3 Å². The lowest BCUT2D eigenvalue weighted by Crippen LogP contribution is -2.32. The third-order valence-corrected chi connectivity index (χ3v) is 4.31. The van der Waals surface area contributed by atoms with Crippen LogP contribution in [0, 0.1) is 0 Å². The van der Waals surface area contributed by atoms with Crippen LogP contribution < -0.4 is 0 Å². The van der Waals surface area contributed by atoms with E-state index in [0.29, 0.717) is 23.8 Å². The standard InChI is InChI=1S/C20H19ClN2O/c1-3-11-23(14-15-7-5-4-6-8-15)20(24)19-12-16-9-10-17(21)13-18(16)22(19)2/h3-10,12-13H,1,11,14H2,2H3. The van der Waals surface area contributed by atoms with Gasteiger partial charge in [-0.3, -0.25) is 4.79 Å². The number of halogens is 1. The zero-order chi connectivity index (χ0) is 17.1. The third-order valence-electron chi connectivity index (χ3n) is 4.08. The van der Waals surface area contributed by atoms with Gasteiger partial charge in [0.25, 0.3) is 5.91 Å². The summed E-state index contributed by atoms with van der Waals surface area (Å²) in [5, 5.41) is 1.67. The number of amides is 1. The van der Waals surface area contributed by atoms with Crippen molar-refractivity contribution in [2.45, 2.75) is 6.54 Å². The number of nitrogens with zero attached hydrogens (tertiary/aromatic N) is 2. The summed E-state index contributed by atoms with van der Waals surface area (Å²) in [6.07, 6.45) is 1.75. The lowest BCUT2D eigenvalue weighted by atomic mass is 10.2. The molecule has 0 spiro atoms. The lowest BCUT2D eigenvalue weighted by molar-refractivity contribution is 0.0753. The van der Waals surface area contributed by atoms with Crippen LogP contribution in [-0.4, -0.2) is 21.9 Å². The maximum absolute atomic E-state index is 13.0. The molecule has 3 rings (SSSR count). The number of aromatic nitrogens is 1. The number of benzene rings is 2. The van der Waals surface area contributed by atoms with Gasteiger partial charge in [-0.05, 0) is 23.8 Å². The summed E-state index contributed by atoms with van der Waals surface area (Å²) in [7, 11) is 1.89. The van der Waals surface area contributed by atoms with Crippen molar-refractivity contribution in [2.75, 3.05) is 6.54 Å². The minimum atomic E-state index is -0.0198. The van der Waals surface area contributed by atoms with Gasteiger partial charge in [-0.15, -0.1) is 6.58 Å². The van der Waals surface area contributed by atoms with Crippen molar-refractivity contribution in [1.29, 1.82) is 0 Å². The molecule has 3 aromatic rings. The van der Waals surface area contributed by atoms with Gasteiger partial charge in [0.1, 0.15) is 5.69 Å². The largest absolute Gasteiger partial charge is 0.340 e. The number of rotatable bonds is 5. The fourth-order valence-corrected chi connectivity index (χ4v) is 3.02. The van der Waals surface area contributed by atoms with Crippen LogP contribution in [0.3, 0.4) is 0 Å². The second kappa shape index (κ2) is 6.93. The molecule has 0 bridgehead atoms. The van der Waals surface area contributed by atoms with Gasteiger partial charge in [-0.2, -0.15) is 0 Å². The van der Waals surface area contributed by atoms with Gasteiger partial charge in [-0.25, -0.2) is 0 Å². The molecular weight excluding hydrogens is 320 g/mol. The van der Waals surface area contributed by atoms with Gasteiger partial charge in [0, 0.05) is 36.1 Å². The average Bonchev–Trinajstić information content (AvgIpc) is 2.91. The lowest BCUT2D eigenvalue weighted by Gasteiger charge is -2.21. The smallest absolute Gasteiger partial charge is 0.271 e. The van der Waals surface area contributed by atoms with Gasteiger partial charge in [0.2, 0.25) is 0 Å². The Labute approximate surface area is 146 Å². The van der Waals surface area contributed by atoms with Gasteiger partial charge in [0.05, 0.1) is 0 Å². The maximum atomic E-state index is 13.0. The molecule has 0 unspecified atom stereocenters. The quantitative estimate of drug-likeness (QED) is 0.621. The second-order valence-corrected chi connectivity index (χ2v) is 6.19. The van der Waals surface area contributed by atoms with E-state index in [1.165, 1.54) is 0 Å². The molecule has 0 saturated carbocycles. The van der Waals surface area contributed by atoms with Crippen molar-refractivity contribution in [3.63, 3.8) is 0 Å². The summed E-state index contributed by atoms with van der Waals surface area (Å²) in [5.74, 6) is -0.0198. The van der Waals surface area contributed by atoms with Gasteiger partial charge in [0.15, 0.2) is 0 Å². The summed E-state index contributed by atoms with van der Waals surface area (Å²) < 4.78 is 1.89. The minimum absolute atomic E-state index is 0.0198. The first-order valence-corrected chi connectivity index (χ1v) is 8.17. The summed E-state index contributed by atoms with van der Waals surface area (Å²) in [6, 6.07) is 17.5. The topological polar surface area (TPSA) is 25.2 Å². The highest BCUT2D eigenvalue weighted by Gasteiger charge is 2.19. The minimum Gasteiger partial charge on any atom is -0.340 e. The van der Waals surface area contributed by atoms with E-state index in [1.54, 1.807) is 11.0 Å². The Kier molecular flexibility index (Phi) is 4.72. The number of carbonyl (C=O) groups is 1. The van der Waals surface area contributed by atoms with Crippen LogP contribution >= 0.6 is 11.6 Å². The molecule has 0 N–H and O–H groups in total. The molecule has 0 aliphatic rings. The average molecular weight is 339 g/mol. The van der Waals surface area contributed by atoms with Crippen molar-refractivity contribution in [3.8, 4) is 0 Å². The molecule has 0 saturated heterocycles. The highest BCUT2D eigenvalue weighted by Crippen LogP contribution is 2.24. The van der Waals surface area contributed by atoms with Crippen molar-refractivity contribution in [2.24, 2.45) is 7.05 Å². The molecule has 0 atom stereocenters. The normalized spacial score (nSPS) is 10.8. The summed E-state index contributed by atoms with van der Waals surface area (Å²) in [4.78, 5) is 14.8. The Morgan fingerprint density at radius 2 is 1.96 bits per heavy atom. The van der Waals surface area contributed by atoms with Crippen LogP contribution in [-0.2, 0) is 13.6 Å². The van der Waals surface area contributed by atoms with Crippen LogP contribution in [0.25, 0.3) is 10.9 Å². The molecule has 1 amide bonds. The first-order chi connectivity index (χ1) is 11.6. The van der Waals surface area contributed by atoms with Gasteiger partial charge >= 0.3 is 0 Å². The molecule has 0 aliphatic carbocycles. The van der Waals surface area contributed by atoms with Crippen LogP contribution in [0.5, 0.6) is 0 Å². The SMILES string of the molecule is C=CCN(Cc1ccccc1)C(=O)c1cc2ccc(Cl)cc2n1C. The third kappa shape index (κ3) is 3.22. The molecule has 24 heavy (non-hydrogen) atoms. The zero-order valence-corrected chi connectivity index (χ0v) is 14.3. The Morgan fingerprint density at radius 1 is 1.21 bits per heavy atom. The van der Waals surface area contributed by atoms with E-state index in [-0.39, 0.29) is 5.91 Å². The van der Waals surface area contributed by atoms with E-state index in [1.807, 2.05) is 66.2 Å². The van der Waals surface area contributed by atoms with Crippen LogP contribution in [0.1, 0.15) is 16.1 Å². The van der Waals surface area contributed by atoms with Crippen molar-refractivity contribution < 1.29 is 4.79 Å². The Balaban J connectivity index is 1.95. The molecule has 1 aromatic heterocycles. The fourth-order valence-electron chi connectivity index (χ4n) is 2.85. The molecular formula is C20H19ClN2O. The molecule has 0 aliphatic heterocycles. The molecule has 0 fully saturated rings. The van der Waals surface area contributed by atoms with Crippen LogP contribution in [0.2, 0.25) is 5.02 Å². The van der Waals surface area contributed by atoms with Crippen molar-refractivity contribution >= 4 is 28.4 Å². The van der Waals surface area contributed by atoms with E-state index in [0.717, 1.165) is 16.5 Å². The Bertz CT molecular complexity index is 883. The van der Waals surface area contributed by atoms with E-state index in [9.17, 15) is 4.79 Å². The van der Waals surface area contributed by atoms with Crippen LogP contribution in [0.4, 0.5) is 0 Å². The monoisotopic (exact) mass is 338 g/mol. The van der Waals surface area contributed by atoms with Crippen molar-refractivity contribution in [3.05, 3.63) is 83.5 Å². The van der Waals surface area contributed by atoms with E-state index < -0.39 is 0 Å². The number of carbonyl (C=O) groups excluding carboxylic acids is 1. The number of hydrogen-bond acceptors (Lipinski definition) is 1. The van der Waals surface area contributed by atoms with Gasteiger partial charge in [-0.1, -0.05) is 54.1 Å². The van der Waals surface area contributed by atoms with E-state index >= 15 is 0 Å². The fraction of sp³-hybridized carbons (Fsp3) is 0.150. The Morgan fingerprint density at radius 3 is 2.67 bits per heavy atom. The highest BCUT2D eigenvalue weighted by molar-refractivity contribution is 6.31. The highest BCUT2D eigenvalue weighted by atomic mass is 35.5. The molecule has 122 valence electrons. The van der Waals surface area contributed by atoms with Crippen molar-refractivity contribution in [1.82, 2.24) is 9.47 Å². The second-order valence-electron chi connectivity index (χ2n) is 5.75. The number of fused-ring (bicyclic) bond motifs is 1.